The van der Waals surface area contributed by atoms with Gasteiger partial charge in [0.15, 0.2) is 5.78 Å². The predicted octanol–water partition coefficient (Wildman–Crippen LogP) is 1.50. The molecule has 0 heterocycles. The quantitative estimate of drug-likeness (QED) is 0.386. The molecule has 0 saturated heterocycles. The van der Waals surface area contributed by atoms with Crippen LogP contribution >= 0.6 is 0 Å². The molecule has 0 fully saturated rings. The number of aliphatic imine (C=N–C) groups is 1. The van der Waals surface area contributed by atoms with Crippen molar-refractivity contribution >= 4 is 29.4 Å². The number of carbonyl (C=O) groups is 3. The molecule has 0 aromatic heterocycles. The summed E-state index contributed by atoms with van der Waals surface area (Å²) in [7, 11) is 0. The lowest BCUT2D eigenvalue weighted by atomic mass is 10.0. The number of amides is 2. The number of primary amides is 1. The molecule has 8 heteroatoms. The van der Waals surface area contributed by atoms with Crippen LogP contribution in [0.25, 0.3) is 0 Å². The number of hydrogen-bond acceptors (Lipinski definition) is 6. The maximum Gasteiger partial charge on any atom is 0.240 e. The number of nitrogens with zero attached hydrogens (tertiary/aromatic N) is 1. The van der Waals surface area contributed by atoms with Crippen molar-refractivity contribution in [3.63, 3.8) is 0 Å². The number of ketones is 1. The second kappa shape index (κ2) is 9.80. The summed E-state index contributed by atoms with van der Waals surface area (Å²) in [6.07, 6.45) is 1.44. The van der Waals surface area contributed by atoms with Gasteiger partial charge in [-0.15, -0.1) is 0 Å². The van der Waals surface area contributed by atoms with Crippen molar-refractivity contribution in [1.82, 2.24) is 5.32 Å². The van der Waals surface area contributed by atoms with E-state index in [-0.39, 0.29) is 24.8 Å². The molecule has 1 atom stereocenters. The number of nitrogens with one attached hydrogen (secondary N) is 1. The third kappa shape index (κ3) is 5.89. The largest absolute Gasteiger partial charge is 0.493 e. The molecule has 0 aliphatic rings. The van der Waals surface area contributed by atoms with Crippen molar-refractivity contribution in [1.29, 1.82) is 0 Å². The van der Waals surface area contributed by atoms with Crippen LogP contribution in [0, 0.1) is 5.92 Å². The van der Waals surface area contributed by atoms with Crippen LogP contribution in [0.4, 0.5) is 5.69 Å². The SMILES string of the molecule is CC(COc1ccc(C(=O)c2ccc(N=C=O)cc2)cc1)C(=O)NCC(N)=O. The van der Waals surface area contributed by atoms with Crippen molar-refractivity contribution in [3.8, 4) is 5.75 Å². The fraction of sp³-hybridized carbons (Fsp3) is 0.200. The Morgan fingerprint density at radius 1 is 1.07 bits per heavy atom. The van der Waals surface area contributed by atoms with Crippen LogP contribution in [0.15, 0.2) is 53.5 Å². The lowest BCUT2D eigenvalue weighted by Gasteiger charge is -2.13. The monoisotopic (exact) mass is 381 g/mol. The number of ether oxygens (including phenoxy) is 1. The van der Waals surface area contributed by atoms with Gasteiger partial charge in [-0.1, -0.05) is 6.92 Å². The molecule has 0 saturated carbocycles. The Hall–Kier alpha value is -3.77. The van der Waals surface area contributed by atoms with Gasteiger partial charge in [-0.2, -0.15) is 4.99 Å². The minimum Gasteiger partial charge on any atom is -0.493 e. The van der Waals surface area contributed by atoms with E-state index in [1.54, 1.807) is 55.5 Å². The van der Waals surface area contributed by atoms with E-state index in [1.807, 2.05) is 0 Å². The van der Waals surface area contributed by atoms with Crippen molar-refractivity contribution in [2.45, 2.75) is 6.92 Å². The van der Waals surface area contributed by atoms with Gasteiger partial charge in [0.2, 0.25) is 17.9 Å². The standard InChI is InChI=1S/C20H19N3O5/c1-13(20(27)22-10-18(21)25)11-28-17-8-4-15(5-9-17)19(26)14-2-6-16(7-3-14)23-12-24/h2-9,13H,10-11H2,1H3,(H2,21,25)(H,22,27). The van der Waals surface area contributed by atoms with Gasteiger partial charge >= 0.3 is 0 Å². The summed E-state index contributed by atoms with van der Waals surface area (Å²) >= 11 is 0. The first-order chi connectivity index (χ1) is 13.4. The molecular weight excluding hydrogens is 362 g/mol. The second-order valence-corrected chi connectivity index (χ2v) is 6.00. The van der Waals surface area contributed by atoms with Crippen molar-refractivity contribution in [2.75, 3.05) is 13.2 Å². The highest BCUT2D eigenvalue weighted by molar-refractivity contribution is 6.09. The Bertz CT molecular complexity index is 900. The molecule has 2 rings (SSSR count). The average molecular weight is 381 g/mol. The van der Waals surface area contributed by atoms with E-state index in [9.17, 15) is 19.2 Å². The minimum absolute atomic E-state index is 0.108. The van der Waals surface area contributed by atoms with Crippen LogP contribution in [0.2, 0.25) is 0 Å². The first-order valence-electron chi connectivity index (χ1n) is 8.42. The van der Waals surface area contributed by atoms with E-state index in [1.165, 1.54) is 6.08 Å². The second-order valence-electron chi connectivity index (χ2n) is 6.00. The van der Waals surface area contributed by atoms with Gasteiger partial charge in [-0.3, -0.25) is 14.4 Å². The third-order valence-corrected chi connectivity index (χ3v) is 3.81. The predicted molar refractivity (Wildman–Crippen MR) is 101 cm³/mol. The Labute approximate surface area is 161 Å². The highest BCUT2D eigenvalue weighted by atomic mass is 16.5. The normalized spacial score (nSPS) is 11.0. The third-order valence-electron chi connectivity index (χ3n) is 3.81. The molecule has 0 radical (unpaired) electrons. The highest BCUT2D eigenvalue weighted by Crippen LogP contribution is 2.18. The van der Waals surface area contributed by atoms with Crippen molar-refractivity contribution < 1.29 is 23.9 Å². The van der Waals surface area contributed by atoms with Crippen LogP contribution < -0.4 is 15.8 Å². The van der Waals surface area contributed by atoms with Crippen molar-refractivity contribution in [3.05, 3.63) is 59.7 Å². The number of carbonyl (C=O) groups excluding carboxylic acids is 4. The molecule has 3 N–H and O–H groups in total. The van der Waals surface area contributed by atoms with Gasteiger partial charge in [0.25, 0.3) is 0 Å². The molecule has 2 amide bonds. The molecule has 28 heavy (non-hydrogen) atoms. The zero-order chi connectivity index (χ0) is 20.5. The van der Waals surface area contributed by atoms with E-state index in [2.05, 4.69) is 10.3 Å². The van der Waals surface area contributed by atoms with Crippen molar-refractivity contribution in [2.24, 2.45) is 16.6 Å². The van der Waals surface area contributed by atoms with Gasteiger partial charge < -0.3 is 15.8 Å². The summed E-state index contributed by atoms with van der Waals surface area (Å²) in [6, 6.07) is 12.8. The summed E-state index contributed by atoms with van der Waals surface area (Å²) < 4.78 is 5.54. The molecule has 0 aliphatic carbocycles. The number of isocyanates is 1. The van der Waals surface area contributed by atoms with E-state index >= 15 is 0 Å². The maximum absolute atomic E-state index is 12.5. The van der Waals surface area contributed by atoms with Crippen LogP contribution in [-0.2, 0) is 14.4 Å². The van der Waals surface area contributed by atoms with Crippen LogP contribution in [0.5, 0.6) is 5.75 Å². The molecule has 0 aliphatic heterocycles. The van der Waals surface area contributed by atoms with E-state index in [0.29, 0.717) is 22.6 Å². The fourth-order valence-corrected chi connectivity index (χ4v) is 2.25. The van der Waals surface area contributed by atoms with Gasteiger partial charge in [0.1, 0.15) is 5.75 Å². The molecule has 0 bridgehead atoms. The summed E-state index contributed by atoms with van der Waals surface area (Å²) in [5.41, 5.74) is 6.32. The molecule has 0 spiro atoms. The van der Waals surface area contributed by atoms with Crippen LogP contribution in [0.1, 0.15) is 22.8 Å². The lowest BCUT2D eigenvalue weighted by molar-refractivity contribution is -0.128. The van der Waals surface area contributed by atoms with E-state index < -0.39 is 11.8 Å². The summed E-state index contributed by atoms with van der Waals surface area (Å²) in [5.74, 6) is -1.12. The zero-order valence-corrected chi connectivity index (χ0v) is 15.2. The maximum atomic E-state index is 12.5. The molecule has 2 aromatic rings. The average Bonchev–Trinajstić information content (AvgIpc) is 2.71. The van der Waals surface area contributed by atoms with E-state index in [0.717, 1.165) is 0 Å². The van der Waals surface area contributed by atoms with Gasteiger partial charge in [-0.25, -0.2) is 4.79 Å². The van der Waals surface area contributed by atoms with Gasteiger partial charge in [0, 0.05) is 11.1 Å². The molecule has 1 unspecified atom stereocenters. The molecule has 8 nitrogen and oxygen atoms in total. The zero-order valence-electron chi connectivity index (χ0n) is 15.2. The number of rotatable bonds is 9. The number of nitrogens with two attached hydrogens (primary N) is 1. The smallest absolute Gasteiger partial charge is 0.240 e. The molecule has 2 aromatic carbocycles. The fourth-order valence-electron chi connectivity index (χ4n) is 2.25. The summed E-state index contributed by atoms with van der Waals surface area (Å²) in [6.45, 7) is 1.55. The first-order valence-corrected chi connectivity index (χ1v) is 8.42. The number of benzene rings is 2. The Morgan fingerprint density at radius 3 is 2.18 bits per heavy atom. The Balaban J connectivity index is 1.93. The topological polar surface area (TPSA) is 128 Å². The van der Waals surface area contributed by atoms with Gasteiger partial charge in [-0.05, 0) is 48.5 Å². The van der Waals surface area contributed by atoms with E-state index in [4.69, 9.17) is 10.5 Å². The summed E-state index contributed by atoms with van der Waals surface area (Å²) in [4.78, 5) is 48.6. The first kappa shape index (κ1) is 20.5. The van der Waals surface area contributed by atoms with Crippen LogP contribution in [0.3, 0.4) is 0 Å². The minimum atomic E-state index is -0.618. The number of hydrogen-bond donors (Lipinski definition) is 2. The highest BCUT2D eigenvalue weighted by Gasteiger charge is 2.14. The molecule has 144 valence electrons. The van der Waals surface area contributed by atoms with Gasteiger partial charge in [0.05, 0.1) is 24.8 Å². The Morgan fingerprint density at radius 2 is 1.64 bits per heavy atom. The lowest BCUT2D eigenvalue weighted by Crippen LogP contribution is -2.38. The summed E-state index contributed by atoms with van der Waals surface area (Å²) in [5, 5.41) is 2.41. The van der Waals surface area contributed by atoms with Crippen LogP contribution in [-0.4, -0.2) is 36.8 Å². The molecular formula is C20H19N3O5. The Kier molecular flexibility index (Phi) is 7.19.